The topological polar surface area (TPSA) is 18.5 Å². The molecule has 4 rings (SSSR count). The molecule has 0 saturated carbocycles. The van der Waals surface area contributed by atoms with Gasteiger partial charge in [-0.3, -0.25) is 0 Å². The van der Waals surface area contributed by atoms with Crippen LogP contribution in [0, 0.1) is 0 Å². The molecule has 2 heterocycles. The van der Waals surface area contributed by atoms with Crippen LogP contribution in [0.5, 0.6) is 0 Å². The summed E-state index contributed by atoms with van der Waals surface area (Å²) in [5.74, 6) is 0. The van der Waals surface area contributed by atoms with Gasteiger partial charge in [0.15, 0.2) is 0 Å². The van der Waals surface area contributed by atoms with Crippen molar-refractivity contribution < 1.29 is 9.47 Å². The molecule has 2 aliphatic heterocycles. The third kappa shape index (κ3) is 4.17. The van der Waals surface area contributed by atoms with Gasteiger partial charge >= 0.3 is 0 Å². The molecule has 0 aliphatic carbocycles. The maximum Gasteiger partial charge on any atom is 0.108 e. The lowest BCUT2D eigenvalue weighted by atomic mass is 9.99. The highest BCUT2D eigenvalue weighted by molar-refractivity contribution is 8.00. The zero-order valence-corrected chi connectivity index (χ0v) is 15.2. The van der Waals surface area contributed by atoms with Crippen molar-refractivity contribution in [1.29, 1.82) is 0 Å². The summed E-state index contributed by atoms with van der Waals surface area (Å²) in [7, 11) is 0. The van der Waals surface area contributed by atoms with E-state index >= 15 is 0 Å². The lowest BCUT2D eigenvalue weighted by Gasteiger charge is -2.41. The summed E-state index contributed by atoms with van der Waals surface area (Å²) in [5, 5.41) is 0. The van der Waals surface area contributed by atoms with Crippen molar-refractivity contribution in [1.82, 2.24) is 0 Å². The van der Waals surface area contributed by atoms with E-state index in [1.807, 2.05) is 23.5 Å². The van der Waals surface area contributed by atoms with Crippen LogP contribution in [0.3, 0.4) is 0 Å². The summed E-state index contributed by atoms with van der Waals surface area (Å²) in [4.78, 5) is 2.57. The fourth-order valence-electron chi connectivity index (χ4n) is 3.28. The number of hydrogen-bond donors (Lipinski definition) is 0. The molecule has 4 heteroatoms. The normalized spacial score (nSPS) is 29.8. The molecule has 1 unspecified atom stereocenters. The van der Waals surface area contributed by atoms with E-state index in [1.54, 1.807) is 0 Å². The first kappa shape index (κ1) is 16.5. The van der Waals surface area contributed by atoms with Crippen LogP contribution in [-0.4, -0.2) is 23.1 Å². The van der Waals surface area contributed by atoms with E-state index < -0.39 is 0 Å². The van der Waals surface area contributed by atoms with E-state index in [-0.39, 0.29) is 23.1 Å². The average molecular weight is 359 g/mol. The van der Waals surface area contributed by atoms with Gasteiger partial charge in [0.05, 0.1) is 12.2 Å². The molecule has 4 atom stereocenters. The zero-order chi connectivity index (χ0) is 16.2. The molecule has 2 saturated heterocycles. The van der Waals surface area contributed by atoms with Gasteiger partial charge in [-0.15, -0.1) is 0 Å². The molecule has 0 aromatic heterocycles. The Hall–Kier alpha value is -0.940. The van der Waals surface area contributed by atoms with Crippen LogP contribution in [0.15, 0.2) is 70.5 Å². The highest BCUT2D eigenvalue weighted by atomic mass is 32.2. The van der Waals surface area contributed by atoms with Gasteiger partial charge < -0.3 is 9.47 Å². The minimum Gasteiger partial charge on any atom is -0.361 e. The number of fused-ring (bicyclic) bond motifs is 1. The Bertz CT molecular complexity index is 577. The average Bonchev–Trinajstić information content (AvgIpc) is 2.64. The van der Waals surface area contributed by atoms with Crippen molar-refractivity contribution in [3.63, 3.8) is 0 Å². The first-order valence-corrected chi connectivity index (χ1v) is 10.4. The SMILES string of the molecule is c1ccc(SC2CC[C@H]3O[C@H](Sc4ccccc4)CC[C@H]3O2)cc1. The molecule has 0 bridgehead atoms. The third-order valence-electron chi connectivity index (χ3n) is 4.46. The largest absolute Gasteiger partial charge is 0.361 e. The molecular weight excluding hydrogens is 336 g/mol. The molecule has 24 heavy (non-hydrogen) atoms. The quantitative estimate of drug-likeness (QED) is 0.710. The number of thioether (sulfide) groups is 2. The molecule has 0 radical (unpaired) electrons. The Morgan fingerprint density at radius 2 is 1.00 bits per heavy atom. The smallest absolute Gasteiger partial charge is 0.108 e. The van der Waals surface area contributed by atoms with Crippen LogP contribution in [0.25, 0.3) is 0 Å². The van der Waals surface area contributed by atoms with Crippen molar-refractivity contribution in [3.8, 4) is 0 Å². The van der Waals surface area contributed by atoms with Gasteiger partial charge in [0.1, 0.15) is 10.9 Å². The molecule has 126 valence electrons. The first-order valence-electron chi connectivity index (χ1n) is 8.61. The molecule has 0 N–H and O–H groups in total. The minimum atomic E-state index is 0.257. The molecule has 2 aliphatic rings. The Labute approximate surface area is 152 Å². The second kappa shape index (κ2) is 7.96. The number of hydrogen-bond acceptors (Lipinski definition) is 4. The highest BCUT2D eigenvalue weighted by Crippen LogP contribution is 2.40. The summed E-state index contributed by atoms with van der Waals surface area (Å²) in [6, 6.07) is 21.1. The molecule has 0 amide bonds. The van der Waals surface area contributed by atoms with Gasteiger partial charge in [0.2, 0.25) is 0 Å². The molecule has 2 fully saturated rings. The van der Waals surface area contributed by atoms with Gasteiger partial charge in [-0.05, 0) is 49.9 Å². The van der Waals surface area contributed by atoms with Crippen molar-refractivity contribution in [2.45, 2.75) is 58.6 Å². The van der Waals surface area contributed by atoms with Crippen molar-refractivity contribution in [3.05, 3.63) is 60.7 Å². The summed E-state index contributed by atoms with van der Waals surface area (Å²) in [6.45, 7) is 0. The van der Waals surface area contributed by atoms with Gasteiger partial charge in [0.25, 0.3) is 0 Å². The van der Waals surface area contributed by atoms with E-state index in [4.69, 9.17) is 9.47 Å². The summed E-state index contributed by atoms with van der Waals surface area (Å²) in [6.07, 6.45) is 4.83. The lowest BCUT2D eigenvalue weighted by molar-refractivity contribution is -0.150. The number of rotatable bonds is 4. The Kier molecular flexibility index (Phi) is 5.48. The van der Waals surface area contributed by atoms with Gasteiger partial charge in [-0.2, -0.15) is 0 Å². The Morgan fingerprint density at radius 1 is 0.583 bits per heavy atom. The molecule has 0 spiro atoms. The minimum absolute atomic E-state index is 0.257. The van der Waals surface area contributed by atoms with E-state index in [2.05, 4.69) is 60.7 Å². The van der Waals surface area contributed by atoms with Crippen LogP contribution >= 0.6 is 23.5 Å². The predicted octanol–water partition coefficient (Wildman–Crippen LogP) is 5.58. The van der Waals surface area contributed by atoms with Crippen LogP contribution in [-0.2, 0) is 9.47 Å². The second-order valence-corrected chi connectivity index (χ2v) is 8.69. The molecular formula is C20H22O2S2. The van der Waals surface area contributed by atoms with E-state index in [0.717, 1.165) is 25.7 Å². The van der Waals surface area contributed by atoms with Gasteiger partial charge in [-0.25, -0.2) is 0 Å². The van der Waals surface area contributed by atoms with Gasteiger partial charge in [0, 0.05) is 9.79 Å². The Morgan fingerprint density at radius 3 is 1.42 bits per heavy atom. The summed E-state index contributed by atoms with van der Waals surface area (Å²) in [5.41, 5.74) is 0.520. The lowest BCUT2D eigenvalue weighted by Crippen LogP contribution is -2.44. The third-order valence-corrected chi connectivity index (χ3v) is 6.77. The predicted molar refractivity (Wildman–Crippen MR) is 100 cm³/mol. The van der Waals surface area contributed by atoms with Crippen LogP contribution in [0.4, 0.5) is 0 Å². The maximum absolute atomic E-state index is 6.32. The standard InChI is InChI=1S/C20H22O2S2/c1-3-7-15(8-4-1)23-19-13-11-18-17(21-19)12-14-20(22-18)24-16-9-5-2-6-10-16/h1-10,17-20H,11-14H2/t17-,18-,19-,20?/m1/s1. The fourth-order valence-corrected chi connectivity index (χ4v) is 5.42. The van der Waals surface area contributed by atoms with Crippen molar-refractivity contribution in [2.24, 2.45) is 0 Å². The number of benzene rings is 2. The monoisotopic (exact) mass is 358 g/mol. The fraction of sp³-hybridized carbons (Fsp3) is 0.400. The van der Waals surface area contributed by atoms with Crippen LogP contribution < -0.4 is 0 Å². The maximum atomic E-state index is 6.32. The summed E-state index contributed by atoms with van der Waals surface area (Å²) >= 11 is 3.68. The zero-order valence-electron chi connectivity index (χ0n) is 13.5. The van der Waals surface area contributed by atoms with Crippen molar-refractivity contribution in [2.75, 3.05) is 0 Å². The van der Waals surface area contributed by atoms with E-state index in [0.29, 0.717) is 0 Å². The molecule has 2 aromatic rings. The highest BCUT2D eigenvalue weighted by Gasteiger charge is 2.37. The number of ether oxygens (including phenoxy) is 2. The molecule has 2 nitrogen and oxygen atoms in total. The van der Waals surface area contributed by atoms with E-state index in [9.17, 15) is 0 Å². The Balaban J connectivity index is 1.30. The first-order chi connectivity index (χ1) is 11.9. The molecule has 2 aromatic carbocycles. The van der Waals surface area contributed by atoms with E-state index in [1.165, 1.54) is 9.79 Å². The van der Waals surface area contributed by atoms with Gasteiger partial charge in [-0.1, -0.05) is 59.9 Å². The second-order valence-electron chi connectivity index (χ2n) is 6.22. The van der Waals surface area contributed by atoms with Crippen molar-refractivity contribution >= 4 is 23.5 Å². The van der Waals surface area contributed by atoms with Crippen LogP contribution in [0.2, 0.25) is 0 Å². The van der Waals surface area contributed by atoms with Crippen LogP contribution in [0.1, 0.15) is 25.7 Å². The summed E-state index contributed by atoms with van der Waals surface area (Å²) < 4.78 is 12.6.